The summed E-state index contributed by atoms with van der Waals surface area (Å²) in [6.07, 6.45) is 0.674. The van der Waals surface area contributed by atoms with E-state index < -0.39 is 47.9 Å². The average molecular weight is 441 g/mol. The fourth-order valence-electron chi connectivity index (χ4n) is 1.03. The molecular weight excluding hydrogens is 406 g/mol. The van der Waals surface area contributed by atoms with Crippen molar-refractivity contribution in [2.75, 3.05) is 6.54 Å². The third kappa shape index (κ3) is 36.2. The summed E-state index contributed by atoms with van der Waals surface area (Å²) in [5.41, 5.74) is 24.4. The number of carbonyl (C=O) groups is 5. The van der Waals surface area contributed by atoms with Crippen LogP contribution in [0.2, 0.25) is 0 Å². The van der Waals surface area contributed by atoms with Crippen LogP contribution in [-0.4, -0.2) is 74.9 Å². The Bertz CT molecular complexity index is 527. The van der Waals surface area contributed by atoms with Gasteiger partial charge in [-0.1, -0.05) is 13.8 Å². The van der Waals surface area contributed by atoms with Gasteiger partial charge in [0, 0.05) is 6.42 Å². The van der Waals surface area contributed by atoms with Gasteiger partial charge in [0.05, 0.1) is 6.54 Å². The lowest BCUT2D eigenvalue weighted by molar-refractivity contribution is -0.139. The van der Waals surface area contributed by atoms with Crippen molar-refractivity contribution in [2.24, 2.45) is 34.6 Å². The summed E-state index contributed by atoms with van der Waals surface area (Å²) in [6.45, 7) is 5.04. The zero-order valence-electron chi connectivity index (χ0n) is 17.4. The summed E-state index contributed by atoms with van der Waals surface area (Å²) < 4.78 is 0. The first kappa shape index (κ1) is 34.7. The van der Waals surface area contributed by atoms with Crippen LogP contribution in [0.4, 0.5) is 0 Å². The van der Waals surface area contributed by atoms with Gasteiger partial charge in [-0.15, -0.1) is 0 Å². The van der Waals surface area contributed by atoms with Crippen molar-refractivity contribution in [1.29, 1.82) is 0 Å². The summed E-state index contributed by atoms with van der Waals surface area (Å²) in [4.78, 5) is 49.1. The summed E-state index contributed by atoms with van der Waals surface area (Å²) in [6, 6.07) is -2.40. The molecule has 0 fully saturated rings. The Labute approximate surface area is 174 Å². The number of hydrogen-bond acceptors (Lipinski definition) is 9. The van der Waals surface area contributed by atoms with E-state index in [4.69, 9.17) is 43.4 Å². The van der Waals surface area contributed by atoms with Gasteiger partial charge in [0.15, 0.2) is 0 Å². The molecule has 30 heavy (non-hydrogen) atoms. The van der Waals surface area contributed by atoms with Gasteiger partial charge in [0.1, 0.15) is 18.1 Å². The van der Waals surface area contributed by atoms with Gasteiger partial charge < -0.3 is 49.1 Å². The molecule has 0 aromatic carbocycles. The predicted octanol–water partition coefficient (Wildman–Crippen LogP) is -2.44. The molecule has 178 valence electrons. The minimum Gasteiger partial charge on any atom is -0.480 e. The fourth-order valence-corrected chi connectivity index (χ4v) is 1.03. The Hall–Kier alpha value is -2.81. The van der Waals surface area contributed by atoms with Crippen LogP contribution in [0.3, 0.4) is 0 Å². The lowest BCUT2D eigenvalue weighted by Crippen LogP contribution is -2.31. The highest BCUT2D eigenvalue weighted by molar-refractivity contribution is 5.77. The maximum Gasteiger partial charge on any atom is 0.320 e. The van der Waals surface area contributed by atoms with E-state index in [1.807, 2.05) is 13.8 Å². The number of rotatable bonds is 9. The van der Waals surface area contributed by atoms with E-state index in [2.05, 4.69) is 5.73 Å². The van der Waals surface area contributed by atoms with Crippen molar-refractivity contribution in [3.63, 3.8) is 0 Å². The van der Waals surface area contributed by atoms with Crippen LogP contribution >= 0.6 is 0 Å². The second kappa shape index (κ2) is 20.9. The topological polar surface area (TPSA) is 296 Å². The highest BCUT2D eigenvalue weighted by Crippen LogP contribution is 2.01. The van der Waals surface area contributed by atoms with Crippen LogP contribution in [-0.2, 0) is 24.0 Å². The molecule has 0 rings (SSSR count). The van der Waals surface area contributed by atoms with Crippen molar-refractivity contribution in [1.82, 2.24) is 0 Å². The first-order chi connectivity index (χ1) is 13.5. The fraction of sp³-hybridized carbons (Fsp3) is 0.688. The van der Waals surface area contributed by atoms with Gasteiger partial charge in [0.2, 0.25) is 5.91 Å². The van der Waals surface area contributed by atoms with E-state index >= 15 is 0 Å². The predicted molar refractivity (Wildman–Crippen MR) is 107 cm³/mol. The molecule has 14 N–H and O–H groups in total. The molecule has 0 saturated carbocycles. The SMILES string of the molecule is CC(C)C[C@H](N)C(=O)O.C[C@H](N)C(=O)O.NC(=O)CC[C@H](N)C(=O)O.NCC(=O)O. The van der Waals surface area contributed by atoms with Crippen LogP contribution < -0.4 is 28.7 Å². The Morgan fingerprint density at radius 2 is 1.10 bits per heavy atom. The van der Waals surface area contributed by atoms with Gasteiger partial charge in [-0.05, 0) is 25.7 Å². The molecule has 0 saturated heterocycles. The van der Waals surface area contributed by atoms with Gasteiger partial charge in [-0.25, -0.2) is 0 Å². The number of primary amides is 1. The van der Waals surface area contributed by atoms with Gasteiger partial charge >= 0.3 is 23.9 Å². The van der Waals surface area contributed by atoms with Crippen molar-refractivity contribution < 1.29 is 44.4 Å². The van der Waals surface area contributed by atoms with Gasteiger partial charge in [-0.3, -0.25) is 24.0 Å². The Morgan fingerprint density at radius 1 is 0.767 bits per heavy atom. The Kier molecular flexibility index (Phi) is 24.2. The number of nitrogens with two attached hydrogens (primary N) is 5. The summed E-state index contributed by atoms with van der Waals surface area (Å²) >= 11 is 0. The molecular formula is C16H35N5O9. The van der Waals surface area contributed by atoms with E-state index in [9.17, 15) is 24.0 Å². The number of hydrogen-bond donors (Lipinski definition) is 9. The molecule has 0 unspecified atom stereocenters. The third-order valence-electron chi connectivity index (χ3n) is 2.63. The summed E-state index contributed by atoms with van der Waals surface area (Å²) in [5, 5.41) is 32.0. The molecule has 14 nitrogen and oxygen atoms in total. The first-order valence-electron chi connectivity index (χ1n) is 8.64. The standard InChI is InChI=1S/C6H13NO2.C5H10N2O3.C3H7NO2.C2H5NO2/c1-4(2)3-5(7)6(8)9;6-3(5(9)10)1-2-4(7)8;1-2(4)3(5)6;3-1-2(4)5/h4-5H,3,7H2,1-2H3,(H,8,9);3H,1-2,6H2,(H2,7,8)(H,9,10);2H,4H2,1H3,(H,5,6);1,3H2,(H,4,5)/t5-;3-;2-;/m000./s1. The molecule has 0 aliphatic carbocycles. The normalized spacial score (nSPS) is 12.3. The minimum atomic E-state index is -1.11. The van der Waals surface area contributed by atoms with E-state index in [0.29, 0.717) is 12.3 Å². The number of carbonyl (C=O) groups excluding carboxylic acids is 1. The van der Waals surface area contributed by atoms with Crippen LogP contribution in [0.1, 0.15) is 40.0 Å². The van der Waals surface area contributed by atoms with Crippen LogP contribution in [0.5, 0.6) is 0 Å². The number of aliphatic carboxylic acids is 4. The zero-order valence-corrected chi connectivity index (χ0v) is 17.4. The highest BCUT2D eigenvalue weighted by atomic mass is 16.4. The van der Waals surface area contributed by atoms with Crippen molar-refractivity contribution in [2.45, 2.75) is 58.2 Å². The molecule has 0 aliphatic heterocycles. The van der Waals surface area contributed by atoms with Crippen molar-refractivity contribution in [3.05, 3.63) is 0 Å². The average Bonchev–Trinajstić information content (AvgIpc) is 2.60. The van der Waals surface area contributed by atoms with E-state index in [1.54, 1.807) is 0 Å². The number of amides is 1. The maximum atomic E-state index is 10.1. The Morgan fingerprint density at radius 3 is 1.23 bits per heavy atom. The minimum absolute atomic E-state index is 0.0213. The second-order valence-corrected chi connectivity index (χ2v) is 6.25. The van der Waals surface area contributed by atoms with Gasteiger partial charge in [0.25, 0.3) is 0 Å². The van der Waals surface area contributed by atoms with E-state index in [1.165, 1.54) is 6.92 Å². The van der Waals surface area contributed by atoms with Crippen molar-refractivity contribution >= 4 is 29.8 Å². The lowest BCUT2D eigenvalue weighted by atomic mass is 10.1. The molecule has 0 radical (unpaired) electrons. The van der Waals surface area contributed by atoms with Crippen LogP contribution in [0.25, 0.3) is 0 Å². The van der Waals surface area contributed by atoms with Gasteiger partial charge in [-0.2, -0.15) is 0 Å². The van der Waals surface area contributed by atoms with E-state index in [-0.39, 0.29) is 19.4 Å². The summed E-state index contributed by atoms with van der Waals surface area (Å²) in [5.74, 6) is -4.13. The molecule has 3 atom stereocenters. The third-order valence-corrected chi connectivity index (χ3v) is 2.63. The lowest BCUT2D eigenvalue weighted by Gasteiger charge is -2.07. The molecule has 0 aromatic heterocycles. The molecule has 0 spiro atoms. The Balaban J connectivity index is -0.000000156. The molecule has 1 amide bonds. The first-order valence-corrected chi connectivity index (χ1v) is 8.64. The smallest absolute Gasteiger partial charge is 0.320 e. The largest absolute Gasteiger partial charge is 0.480 e. The van der Waals surface area contributed by atoms with Crippen LogP contribution in [0, 0.1) is 5.92 Å². The number of carboxylic acids is 4. The molecule has 14 heteroatoms. The number of carboxylic acid groups (broad SMARTS) is 4. The van der Waals surface area contributed by atoms with Crippen LogP contribution in [0.15, 0.2) is 0 Å². The molecule has 0 bridgehead atoms. The zero-order chi connectivity index (χ0) is 25.0. The molecule has 0 aliphatic rings. The molecule has 0 aromatic rings. The quantitative estimate of drug-likeness (QED) is 0.180. The van der Waals surface area contributed by atoms with Crippen molar-refractivity contribution in [3.8, 4) is 0 Å². The summed E-state index contributed by atoms with van der Waals surface area (Å²) in [7, 11) is 0. The maximum absolute atomic E-state index is 10.1. The highest BCUT2D eigenvalue weighted by Gasteiger charge is 2.12. The molecule has 0 heterocycles. The van der Waals surface area contributed by atoms with E-state index in [0.717, 1.165) is 0 Å². The monoisotopic (exact) mass is 441 g/mol. The second-order valence-electron chi connectivity index (χ2n) is 6.25.